The Balaban J connectivity index is 2.67. The molecule has 7 heteroatoms. The van der Waals surface area contributed by atoms with E-state index >= 15 is 0 Å². The molecular formula is C10H6Cl2N4O. The number of fused-ring (bicyclic) bond motifs is 3. The van der Waals surface area contributed by atoms with Gasteiger partial charge in [0, 0.05) is 0 Å². The van der Waals surface area contributed by atoms with Crippen molar-refractivity contribution in [3.63, 3.8) is 0 Å². The van der Waals surface area contributed by atoms with Crippen molar-refractivity contribution in [3.05, 3.63) is 38.4 Å². The molecule has 1 N–H and O–H groups in total. The summed E-state index contributed by atoms with van der Waals surface area (Å²) in [6, 6.07) is 3.29. The predicted octanol–water partition coefficient (Wildman–Crippen LogP) is 2.19. The summed E-state index contributed by atoms with van der Waals surface area (Å²) in [5.74, 6) is 0.620. The van der Waals surface area contributed by atoms with E-state index in [1.54, 1.807) is 23.5 Å². The van der Waals surface area contributed by atoms with Crippen molar-refractivity contribution in [1.29, 1.82) is 0 Å². The maximum absolute atomic E-state index is 11.7. The number of aromatic nitrogens is 4. The van der Waals surface area contributed by atoms with Gasteiger partial charge in [-0.1, -0.05) is 23.2 Å². The van der Waals surface area contributed by atoms with E-state index in [-0.39, 0.29) is 11.2 Å². The van der Waals surface area contributed by atoms with Crippen LogP contribution in [0, 0.1) is 6.92 Å². The van der Waals surface area contributed by atoms with E-state index < -0.39 is 0 Å². The number of rotatable bonds is 0. The number of aryl methyl sites for hydroxylation is 1. The first-order valence-electron chi connectivity index (χ1n) is 4.80. The number of halogens is 2. The minimum absolute atomic E-state index is 0.244. The summed E-state index contributed by atoms with van der Waals surface area (Å²) in [5, 5.41) is 8.49. The van der Waals surface area contributed by atoms with Gasteiger partial charge in [0.05, 0.1) is 21.1 Å². The lowest BCUT2D eigenvalue weighted by molar-refractivity contribution is 1.02. The van der Waals surface area contributed by atoms with Gasteiger partial charge in [0.2, 0.25) is 5.65 Å². The van der Waals surface area contributed by atoms with Crippen molar-refractivity contribution in [1.82, 2.24) is 19.6 Å². The first-order valence-corrected chi connectivity index (χ1v) is 5.56. The third kappa shape index (κ3) is 1.43. The predicted molar refractivity (Wildman–Crippen MR) is 65.9 cm³/mol. The smallest absolute Gasteiger partial charge is 0.294 e. The lowest BCUT2D eigenvalue weighted by atomic mass is 10.3. The summed E-state index contributed by atoms with van der Waals surface area (Å²) in [6.45, 7) is 1.77. The molecular weight excluding hydrogens is 263 g/mol. The molecule has 0 aliphatic rings. The number of benzene rings is 1. The van der Waals surface area contributed by atoms with E-state index in [4.69, 9.17) is 23.2 Å². The maximum Gasteiger partial charge on any atom is 0.294 e. The number of nitrogens with one attached hydrogen (secondary N) is 1. The molecule has 0 spiro atoms. The third-order valence-corrected chi connectivity index (χ3v) is 3.28. The highest BCUT2D eigenvalue weighted by molar-refractivity contribution is 6.42. The standard InChI is InChI=1S/C10H6Cl2N4O/c1-4-14-15-9-10(17)13-7-2-5(11)6(12)3-8(7)16(4)9/h2-3H,1H3,(H,13,17). The molecule has 0 saturated carbocycles. The monoisotopic (exact) mass is 268 g/mol. The lowest BCUT2D eigenvalue weighted by Crippen LogP contribution is -2.11. The van der Waals surface area contributed by atoms with Gasteiger partial charge in [0.1, 0.15) is 5.82 Å². The molecule has 2 heterocycles. The van der Waals surface area contributed by atoms with Crippen LogP contribution in [-0.4, -0.2) is 19.6 Å². The Morgan fingerprint density at radius 1 is 1.24 bits per heavy atom. The summed E-state index contributed by atoms with van der Waals surface area (Å²) >= 11 is 11.9. The highest BCUT2D eigenvalue weighted by Crippen LogP contribution is 2.26. The molecule has 0 radical (unpaired) electrons. The van der Waals surface area contributed by atoms with Crippen molar-refractivity contribution in [2.24, 2.45) is 0 Å². The van der Waals surface area contributed by atoms with Gasteiger partial charge in [-0.2, -0.15) is 0 Å². The van der Waals surface area contributed by atoms with Crippen LogP contribution in [-0.2, 0) is 0 Å². The molecule has 0 aliphatic heterocycles. The SMILES string of the molecule is Cc1nnc2c(=O)[nH]c3cc(Cl)c(Cl)cc3n12. The second kappa shape index (κ2) is 3.45. The normalized spacial score (nSPS) is 11.5. The molecule has 0 atom stereocenters. The Labute approximate surface area is 105 Å². The fourth-order valence-electron chi connectivity index (χ4n) is 1.80. The third-order valence-electron chi connectivity index (χ3n) is 2.56. The zero-order valence-corrected chi connectivity index (χ0v) is 10.2. The second-order valence-electron chi connectivity index (χ2n) is 3.64. The van der Waals surface area contributed by atoms with Crippen LogP contribution in [0.5, 0.6) is 0 Å². The summed E-state index contributed by atoms with van der Waals surface area (Å²) < 4.78 is 1.65. The quantitative estimate of drug-likeness (QED) is 0.680. The van der Waals surface area contributed by atoms with Gasteiger partial charge in [-0.05, 0) is 19.1 Å². The molecule has 5 nitrogen and oxygen atoms in total. The molecule has 1 aromatic carbocycles. The molecule has 0 aliphatic carbocycles. The van der Waals surface area contributed by atoms with Gasteiger partial charge in [-0.15, -0.1) is 10.2 Å². The van der Waals surface area contributed by atoms with E-state index in [0.29, 0.717) is 21.4 Å². The average Bonchev–Trinajstić information content (AvgIpc) is 2.65. The van der Waals surface area contributed by atoms with Gasteiger partial charge in [0.15, 0.2) is 0 Å². The molecule has 0 unspecified atom stereocenters. The number of hydrogen-bond acceptors (Lipinski definition) is 3. The highest BCUT2D eigenvalue weighted by Gasteiger charge is 2.11. The fourth-order valence-corrected chi connectivity index (χ4v) is 2.12. The number of aromatic amines is 1. The van der Waals surface area contributed by atoms with Crippen LogP contribution in [0.1, 0.15) is 5.82 Å². The van der Waals surface area contributed by atoms with Crippen molar-refractivity contribution >= 4 is 39.9 Å². The Bertz CT molecular complexity index is 805. The Hall–Kier alpha value is -1.59. The summed E-state index contributed by atoms with van der Waals surface area (Å²) in [4.78, 5) is 14.4. The van der Waals surface area contributed by atoms with Crippen LogP contribution < -0.4 is 5.56 Å². The Morgan fingerprint density at radius 2 is 1.94 bits per heavy atom. The molecule has 3 aromatic rings. The van der Waals surface area contributed by atoms with E-state index in [1.807, 2.05) is 0 Å². The number of hydrogen-bond donors (Lipinski definition) is 1. The van der Waals surface area contributed by atoms with Crippen LogP contribution in [0.2, 0.25) is 10.0 Å². The second-order valence-corrected chi connectivity index (χ2v) is 4.46. The topological polar surface area (TPSA) is 63.0 Å². The summed E-state index contributed by atoms with van der Waals surface area (Å²) in [5.41, 5.74) is 1.25. The van der Waals surface area contributed by atoms with E-state index in [9.17, 15) is 4.79 Å². The van der Waals surface area contributed by atoms with Crippen LogP contribution in [0.3, 0.4) is 0 Å². The van der Waals surface area contributed by atoms with Crippen LogP contribution in [0.4, 0.5) is 0 Å². The molecule has 86 valence electrons. The molecule has 2 aromatic heterocycles. The Morgan fingerprint density at radius 3 is 2.71 bits per heavy atom. The van der Waals surface area contributed by atoms with Crippen molar-refractivity contribution in [2.45, 2.75) is 6.92 Å². The highest BCUT2D eigenvalue weighted by atomic mass is 35.5. The molecule has 0 saturated heterocycles. The first-order chi connectivity index (χ1) is 8.08. The van der Waals surface area contributed by atoms with Crippen molar-refractivity contribution < 1.29 is 0 Å². The van der Waals surface area contributed by atoms with Crippen LogP contribution in [0.25, 0.3) is 16.7 Å². The zero-order chi connectivity index (χ0) is 12.2. The minimum atomic E-state index is -0.309. The van der Waals surface area contributed by atoms with Gasteiger partial charge >= 0.3 is 0 Å². The number of nitrogens with zero attached hydrogens (tertiary/aromatic N) is 3. The first kappa shape index (κ1) is 10.6. The minimum Gasteiger partial charge on any atom is -0.317 e. The van der Waals surface area contributed by atoms with Gasteiger partial charge in [0.25, 0.3) is 5.56 Å². The fraction of sp³-hybridized carbons (Fsp3) is 0.100. The van der Waals surface area contributed by atoms with Crippen molar-refractivity contribution in [3.8, 4) is 0 Å². The van der Waals surface area contributed by atoms with E-state index in [1.165, 1.54) is 0 Å². The average molecular weight is 269 g/mol. The van der Waals surface area contributed by atoms with Crippen LogP contribution >= 0.6 is 23.2 Å². The van der Waals surface area contributed by atoms with Gasteiger partial charge in [-0.3, -0.25) is 9.20 Å². The lowest BCUT2D eigenvalue weighted by Gasteiger charge is -2.04. The van der Waals surface area contributed by atoms with Crippen molar-refractivity contribution in [2.75, 3.05) is 0 Å². The summed E-state index contributed by atoms with van der Waals surface area (Å²) in [7, 11) is 0. The van der Waals surface area contributed by atoms with Gasteiger partial charge in [-0.25, -0.2) is 0 Å². The molecule has 0 bridgehead atoms. The number of H-pyrrole nitrogens is 1. The zero-order valence-electron chi connectivity index (χ0n) is 8.66. The largest absolute Gasteiger partial charge is 0.317 e. The van der Waals surface area contributed by atoms with Gasteiger partial charge < -0.3 is 4.98 Å². The molecule has 0 fully saturated rings. The summed E-state index contributed by atoms with van der Waals surface area (Å²) in [6.07, 6.45) is 0. The van der Waals surface area contributed by atoms with E-state index in [2.05, 4.69) is 15.2 Å². The molecule has 0 amide bonds. The molecule has 3 rings (SSSR count). The van der Waals surface area contributed by atoms with E-state index in [0.717, 1.165) is 5.52 Å². The van der Waals surface area contributed by atoms with Crippen LogP contribution in [0.15, 0.2) is 16.9 Å². The molecule has 17 heavy (non-hydrogen) atoms. The Kier molecular flexibility index (Phi) is 2.14. The maximum atomic E-state index is 11.7.